The van der Waals surface area contributed by atoms with Crippen molar-refractivity contribution in [3.05, 3.63) is 99.5 Å². The molecule has 0 aromatic heterocycles. The average molecular weight is 751 g/mol. The Morgan fingerprint density at radius 3 is 2.17 bits per heavy atom. The van der Waals surface area contributed by atoms with Gasteiger partial charge in [0.05, 0.1) is 41.4 Å². The maximum absolute atomic E-state index is 13.8. The Balaban J connectivity index is 1.13. The zero-order valence-electron chi connectivity index (χ0n) is 30.1. The Morgan fingerprint density at radius 2 is 1.48 bits per heavy atom. The molecule has 6 rings (SSSR count). The quantitative estimate of drug-likeness (QED) is 0.239. The number of hydrogen-bond donors (Lipinski definition) is 1. The van der Waals surface area contributed by atoms with Crippen LogP contribution in [0.2, 0.25) is 10.0 Å². The van der Waals surface area contributed by atoms with Crippen LogP contribution in [0.15, 0.2) is 72.8 Å². The van der Waals surface area contributed by atoms with E-state index in [9.17, 15) is 14.4 Å². The first kappa shape index (κ1) is 37.9. The van der Waals surface area contributed by atoms with E-state index in [1.54, 1.807) is 14.0 Å². The van der Waals surface area contributed by atoms with Gasteiger partial charge in [0.1, 0.15) is 5.75 Å². The van der Waals surface area contributed by atoms with Gasteiger partial charge in [0, 0.05) is 57.8 Å². The van der Waals surface area contributed by atoms with Crippen molar-refractivity contribution in [1.82, 2.24) is 24.9 Å². The van der Waals surface area contributed by atoms with Gasteiger partial charge in [-0.25, -0.2) is 4.79 Å². The summed E-state index contributed by atoms with van der Waals surface area (Å²) in [5.74, 6) is 0.295. The van der Waals surface area contributed by atoms with E-state index in [2.05, 4.69) is 22.3 Å². The van der Waals surface area contributed by atoms with Gasteiger partial charge in [-0.15, -0.1) is 0 Å². The molecule has 3 amide bonds. The molecule has 0 bridgehead atoms. The number of para-hydroxylation sites is 1. The Morgan fingerprint density at radius 1 is 0.769 bits per heavy atom. The molecule has 1 unspecified atom stereocenters. The molecule has 0 saturated carbocycles. The lowest BCUT2D eigenvalue weighted by Crippen LogP contribution is -2.59. The van der Waals surface area contributed by atoms with Gasteiger partial charge < -0.3 is 29.5 Å². The summed E-state index contributed by atoms with van der Waals surface area (Å²) in [6.07, 6.45) is 3.17. The second-order valence-corrected chi connectivity index (χ2v) is 14.9. The minimum atomic E-state index is -0.496. The molecule has 278 valence electrons. The van der Waals surface area contributed by atoms with Gasteiger partial charge in [-0.2, -0.15) is 0 Å². The molecule has 0 spiro atoms. The Labute approximate surface area is 316 Å². The van der Waals surface area contributed by atoms with Crippen molar-refractivity contribution in [2.24, 2.45) is 0 Å². The number of methoxy groups -OCH3 is 1. The highest BCUT2D eigenvalue weighted by Gasteiger charge is 2.44. The van der Waals surface area contributed by atoms with E-state index in [0.717, 1.165) is 56.4 Å². The van der Waals surface area contributed by atoms with Crippen molar-refractivity contribution in [2.45, 2.75) is 43.6 Å². The van der Waals surface area contributed by atoms with Gasteiger partial charge in [-0.05, 0) is 74.5 Å². The van der Waals surface area contributed by atoms with Crippen molar-refractivity contribution in [1.29, 1.82) is 0 Å². The van der Waals surface area contributed by atoms with Gasteiger partial charge in [-0.3, -0.25) is 14.5 Å². The van der Waals surface area contributed by atoms with Gasteiger partial charge in [0.15, 0.2) is 0 Å². The molecule has 1 N–H and O–H groups in total. The molecule has 0 aliphatic carbocycles. The second-order valence-electron chi connectivity index (χ2n) is 14.1. The molecule has 3 aromatic carbocycles. The lowest BCUT2D eigenvalue weighted by molar-refractivity contribution is -0.144. The highest BCUT2D eigenvalue weighted by atomic mass is 35.5. The zero-order chi connectivity index (χ0) is 36.7. The number of ether oxygens (including phenoxy) is 2. The first-order valence-corrected chi connectivity index (χ1v) is 19.0. The average Bonchev–Trinajstić information content (AvgIpc) is 3.61. The molecular formula is C40H49Cl2N5O5. The number of nitrogens with one attached hydrogen (secondary N) is 1. The maximum Gasteiger partial charge on any atom is 0.320 e. The van der Waals surface area contributed by atoms with Gasteiger partial charge in [-0.1, -0.05) is 71.7 Å². The SMILES string of the molecule is CCOC(=O)CN1CCN(C(=O)NC2(c3ccccc3)CCN(CCC3(c4ccc(Cl)c(Cl)c4)CCN(C(=O)c4ccccc4OC)C3)CC2)CC1. The van der Waals surface area contributed by atoms with E-state index >= 15 is 0 Å². The minimum Gasteiger partial charge on any atom is -0.496 e. The summed E-state index contributed by atoms with van der Waals surface area (Å²) in [6.45, 7) is 8.40. The highest BCUT2D eigenvalue weighted by Crippen LogP contribution is 2.42. The topological polar surface area (TPSA) is 94.7 Å². The van der Waals surface area contributed by atoms with E-state index in [0.29, 0.717) is 67.2 Å². The number of halogens is 2. The third kappa shape index (κ3) is 8.52. The van der Waals surface area contributed by atoms with Crippen molar-refractivity contribution >= 4 is 41.1 Å². The predicted molar refractivity (Wildman–Crippen MR) is 203 cm³/mol. The lowest BCUT2D eigenvalue weighted by atomic mass is 9.76. The van der Waals surface area contributed by atoms with E-state index in [-0.39, 0.29) is 29.9 Å². The van der Waals surface area contributed by atoms with Gasteiger partial charge in [0.25, 0.3) is 5.91 Å². The van der Waals surface area contributed by atoms with Crippen LogP contribution in [0.4, 0.5) is 4.79 Å². The van der Waals surface area contributed by atoms with Gasteiger partial charge >= 0.3 is 12.0 Å². The van der Waals surface area contributed by atoms with Crippen LogP contribution in [0.25, 0.3) is 0 Å². The van der Waals surface area contributed by atoms with Crippen LogP contribution in [0.5, 0.6) is 5.75 Å². The summed E-state index contributed by atoms with van der Waals surface area (Å²) in [5.41, 5.74) is 1.96. The number of carbonyl (C=O) groups is 3. The number of hydrogen-bond acceptors (Lipinski definition) is 7. The van der Waals surface area contributed by atoms with Crippen LogP contribution < -0.4 is 10.1 Å². The molecule has 3 heterocycles. The number of rotatable bonds is 11. The first-order valence-electron chi connectivity index (χ1n) is 18.3. The van der Waals surface area contributed by atoms with E-state index in [1.807, 2.05) is 75.4 Å². The molecule has 10 nitrogen and oxygen atoms in total. The fourth-order valence-corrected chi connectivity index (χ4v) is 8.30. The normalized spacial score (nSPS) is 20.8. The number of likely N-dealkylation sites (tertiary alicyclic amines) is 2. The van der Waals surface area contributed by atoms with Gasteiger partial charge in [0.2, 0.25) is 0 Å². The summed E-state index contributed by atoms with van der Waals surface area (Å²) in [6, 6.07) is 23.4. The standard InChI is InChI=1S/C40H49Cl2N5O5/c1-3-52-36(48)28-45-23-25-46(26-24-45)38(50)43-40(30-9-5-4-6-10-30)17-20-44(21-18-40)19-15-39(31-13-14-33(41)34(42)27-31)16-22-47(29-39)37(49)32-11-7-8-12-35(32)51-2/h4-14,27H,3,15-26,28-29H2,1-2H3,(H,43,50). The summed E-state index contributed by atoms with van der Waals surface area (Å²) in [7, 11) is 1.59. The molecule has 3 fully saturated rings. The van der Waals surface area contributed by atoms with Crippen molar-refractivity contribution < 1.29 is 23.9 Å². The molecule has 3 aromatic rings. The molecular weight excluding hydrogens is 701 g/mol. The number of carbonyl (C=O) groups excluding carboxylic acids is 3. The lowest BCUT2D eigenvalue weighted by Gasteiger charge is -2.45. The van der Waals surface area contributed by atoms with E-state index in [1.165, 1.54) is 0 Å². The molecule has 3 aliphatic rings. The number of benzene rings is 3. The number of piperidine rings is 1. The first-order chi connectivity index (χ1) is 25.1. The summed E-state index contributed by atoms with van der Waals surface area (Å²) in [5, 5.41) is 4.49. The minimum absolute atomic E-state index is 0.0406. The number of urea groups is 1. The summed E-state index contributed by atoms with van der Waals surface area (Å²) < 4.78 is 10.6. The fraction of sp³-hybridized carbons (Fsp3) is 0.475. The maximum atomic E-state index is 13.8. The third-order valence-electron chi connectivity index (χ3n) is 11.1. The number of amides is 3. The van der Waals surface area contributed by atoms with Crippen LogP contribution in [0, 0.1) is 0 Å². The monoisotopic (exact) mass is 749 g/mol. The van der Waals surface area contributed by atoms with E-state index < -0.39 is 5.54 Å². The molecule has 52 heavy (non-hydrogen) atoms. The second kappa shape index (κ2) is 16.9. The fourth-order valence-electron chi connectivity index (χ4n) is 8.00. The van der Waals surface area contributed by atoms with Crippen molar-refractivity contribution in [3.8, 4) is 5.75 Å². The molecule has 0 radical (unpaired) electrons. The third-order valence-corrected chi connectivity index (χ3v) is 11.9. The smallest absolute Gasteiger partial charge is 0.320 e. The summed E-state index contributed by atoms with van der Waals surface area (Å²) >= 11 is 12.9. The van der Waals surface area contributed by atoms with Crippen LogP contribution in [0.3, 0.4) is 0 Å². The van der Waals surface area contributed by atoms with Crippen molar-refractivity contribution in [3.63, 3.8) is 0 Å². The van der Waals surface area contributed by atoms with Crippen LogP contribution >= 0.6 is 23.2 Å². The zero-order valence-corrected chi connectivity index (χ0v) is 31.6. The molecule has 3 aliphatic heterocycles. The van der Waals surface area contributed by atoms with Crippen LogP contribution in [0.1, 0.15) is 54.1 Å². The summed E-state index contributed by atoms with van der Waals surface area (Å²) in [4.78, 5) is 47.8. The molecule has 12 heteroatoms. The Hall–Kier alpha value is -3.83. The Kier molecular flexibility index (Phi) is 12.3. The molecule has 3 saturated heterocycles. The molecule has 1 atom stereocenters. The van der Waals surface area contributed by atoms with E-state index in [4.69, 9.17) is 32.7 Å². The number of piperazine rings is 1. The van der Waals surface area contributed by atoms with Crippen LogP contribution in [-0.2, 0) is 20.5 Å². The number of esters is 1. The van der Waals surface area contributed by atoms with Crippen molar-refractivity contribution in [2.75, 3.05) is 79.2 Å². The highest BCUT2D eigenvalue weighted by molar-refractivity contribution is 6.42. The predicted octanol–water partition coefficient (Wildman–Crippen LogP) is 6.06. The van der Waals surface area contributed by atoms with Crippen LogP contribution in [-0.4, -0.2) is 117 Å². The number of nitrogens with zero attached hydrogens (tertiary/aromatic N) is 4. The largest absolute Gasteiger partial charge is 0.496 e. The Bertz CT molecular complexity index is 1710.